The Bertz CT molecular complexity index is 186. The molecule has 0 aliphatic heterocycles. The highest BCUT2D eigenvalue weighted by Gasteiger charge is 2.24. The Morgan fingerprint density at radius 1 is 0.643 bits per heavy atom. The SMILES string of the molecule is CN(C)[Si](C)(C)C=C[Si](C)(C)N(C)C. The first-order chi connectivity index (χ1) is 6.09. The van der Waals surface area contributed by atoms with E-state index >= 15 is 0 Å². The van der Waals surface area contributed by atoms with E-state index in [0.717, 1.165) is 0 Å². The molecule has 0 aromatic heterocycles. The van der Waals surface area contributed by atoms with E-state index in [2.05, 4.69) is 74.9 Å². The van der Waals surface area contributed by atoms with Crippen molar-refractivity contribution < 1.29 is 0 Å². The molecule has 0 fully saturated rings. The normalized spacial score (nSPS) is 14.7. The third-order valence-corrected chi connectivity index (χ3v) is 10.1. The van der Waals surface area contributed by atoms with E-state index in [0.29, 0.717) is 0 Å². The van der Waals surface area contributed by atoms with Crippen LogP contribution < -0.4 is 0 Å². The molecule has 0 saturated carbocycles. The summed E-state index contributed by atoms with van der Waals surface area (Å²) in [5.74, 6) is 0. The molecule has 0 N–H and O–H groups in total. The summed E-state index contributed by atoms with van der Waals surface area (Å²) in [6, 6.07) is 0. The Hall–Kier alpha value is 0.0938. The first-order valence-corrected chi connectivity index (χ1v) is 11.2. The Labute approximate surface area is 91.8 Å². The van der Waals surface area contributed by atoms with Gasteiger partial charge in [0.2, 0.25) is 0 Å². The van der Waals surface area contributed by atoms with Gasteiger partial charge >= 0.3 is 0 Å². The minimum atomic E-state index is -1.28. The van der Waals surface area contributed by atoms with E-state index in [9.17, 15) is 0 Å². The molecule has 0 spiro atoms. The van der Waals surface area contributed by atoms with Crippen LogP contribution in [0.4, 0.5) is 0 Å². The second-order valence-electron chi connectivity index (χ2n) is 5.43. The molecule has 4 heteroatoms. The molecule has 0 unspecified atom stereocenters. The Balaban J connectivity index is 4.59. The second-order valence-corrected chi connectivity index (χ2v) is 14.5. The van der Waals surface area contributed by atoms with Crippen LogP contribution in [0, 0.1) is 0 Å². The molecule has 0 aliphatic carbocycles. The molecular weight excluding hydrogens is 204 g/mol. The van der Waals surface area contributed by atoms with Gasteiger partial charge in [-0.3, -0.25) is 0 Å². The van der Waals surface area contributed by atoms with Crippen molar-refractivity contribution in [1.82, 2.24) is 9.13 Å². The standard InChI is InChI=1S/C10H26N2Si2/c1-11(2)13(5,6)9-10-14(7,8)12(3)4/h9-10H,1-8H3. The highest BCUT2D eigenvalue weighted by molar-refractivity contribution is 6.84. The van der Waals surface area contributed by atoms with Crippen molar-refractivity contribution in [2.75, 3.05) is 28.2 Å². The van der Waals surface area contributed by atoms with Gasteiger partial charge in [-0.25, -0.2) is 0 Å². The molecule has 0 amide bonds. The summed E-state index contributed by atoms with van der Waals surface area (Å²) in [5.41, 5.74) is 4.94. The van der Waals surface area contributed by atoms with Crippen LogP contribution in [-0.2, 0) is 0 Å². The zero-order chi connectivity index (χ0) is 11.6. The van der Waals surface area contributed by atoms with E-state index in [1.54, 1.807) is 0 Å². The average Bonchev–Trinajstić information content (AvgIpc) is 2.01. The summed E-state index contributed by atoms with van der Waals surface area (Å²) in [6.45, 7) is 9.51. The van der Waals surface area contributed by atoms with Crippen LogP contribution in [0.25, 0.3) is 0 Å². The van der Waals surface area contributed by atoms with Gasteiger partial charge in [-0.1, -0.05) is 37.6 Å². The van der Waals surface area contributed by atoms with Crippen LogP contribution in [0.5, 0.6) is 0 Å². The number of nitrogens with zero attached hydrogens (tertiary/aromatic N) is 2. The van der Waals surface area contributed by atoms with Gasteiger partial charge in [-0.2, -0.15) is 0 Å². The number of hydrogen-bond donors (Lipinski definition) is 0. The van der Waals surface area contributed by atoms with Crippen LogP contribution in [-0.4, -0.2) is 53.8 Å². The largest absolute Gasteiger partial charge is 0.326 e. The Morgan fingerprint density at radius 2 is 0.857 bits per heavy atom. The van der Waals surface area contributed by atoms with Gasteiger partial charge in [0, 0.05) is 0 Å². The van der Waals surface area contributed by atoms with E-state index < -0.39 is 16.5 Å². The minimum Gasteiger partial charge on any atom is -0.326 e. The topological polar surface area (TPSA) is 6.48 Å². The van der Waals surface area contributed by atoms with Crippen molar-refractivity contribution in [1.29, 1.82) is 0 Å². The molecule has 2 nitrogen and oxygen atoms in total. The van der Waals surface area contributed by atoms with Gasteiger partial charge in [0.05, 0.1) is 0 Å². The van der Waals surface area contributed by atoms with Gasteiger partial charge < -0.3 is 9.13 Å². The van der Waals surface area contributed by atoms with E-state index in [-0.39, 0.29) is 0 Å². The molecule has 0 aliphatic rings. The van der Waals surface area contributed by atoms with Gasteiger partial charge in [0.25, 0.3) is 0 Å². The van der Waals surface area contributed by atoms with Gasteiger partial charge in [0.15, 0.2) is 0 Å². The minimum absolute atomic E-state index is 1.28. The molecule has 0 atom stereocenters. The molecule has 0 saturated heterocycles. The molecule has 0 aromatic carbocycles. The lowest BCUT2D eigenvalue weighted by molar-refractivity contribution is 0.628. The maximum absolute atomic E-state index is 2.47. The molecule has 0 heterocycles. The van der Waals surface area contributed by atoms with Gasteiger partial charge in [-0.15, -0.1) is 0 Å². The fourth-order valence-electron chi connectivity index (χ4n) is 0.706. The monoisotopic (exact) mass is 230 g/mol. The Kier molecular flexibility index (Phi) is 4.77. The third kappa shape index (κ3) is 4.08. The van der Waals surface area contributed by atoms with E-state index in [1.165, 1.54) is 0 Å². The fourth-order valence-corrected chi connectivity index (χ4v) is 4.57. The smallest absolute Gasteiger partial charge is 0.145 e. The maximum Gasteiger partial charge on any atom is 0.145 e. The van der Waals surface area contributed by atoms with Crippen LogP contribution in [0.1, 0.15) is 0 Å². The van der Waals surface area contributed by atoms with Crippen LogP contribution in [0.3, 0.4) is 0 Å². The van der Waals surface area contributed by atoms with Crippen LogP contribution >= 0.6 is 0 Å². The molecule has 0 bridgehead atoms. The lowest BCUT2D eigenvalue weighted by atomic mass is 11.2. The zero-order valence-electron chi connectivity index (χ0n) is 11.0. The van der Waals surface area contributed by atoms with Crippen LogP contribution in [0.2, 0.25) is 26.2 Å². The van der Waals surface area contributed by atoms with Crippen molar-refractivity contribution >= 4 is 16.5 Å². The molecule has 0 rings (SSSR count). The van der Waals surface area contributed by atoms with Crippen molar-refractivity contribution in [2.24, 2.45) is 0 Å². The van der Waals surface area contributed by atoms with Crippen LogP contribution in [0.15, 0.2) is 11.4 Å². The van der Waals surface area contributed by atoms with Crippen molar-refractivity contribution in [3.8, 4) is 0 Å². The summed E-state index contributed by atoms with van der Waals surface area (Å²) in [7, 11) is 6.17. The van der Waals surface area contributed by atoms with Gasteiger partial charge in [0.1, 0.15) is 16.5 Å². The fraction of sp³-hybridized carbons (Fsp3) is 0.800. The Morgan fingerprint density at radius 3 is 1.00 bits per heavy atom. The quantitative estimate of drug-likeness (QED) is 0.683. The summed E-state index contributed by atoms with van der Waals surface area (Å²) in [6.07, 6.45) is 0. The van der Waals surface area contributed by atoms with Crippen molar-refractivity contribution in [3.63, 3.8) is 0 Å². The predicted octanol–water partition coefficient (Wildman–Crippen LogP) is 2.15. The molecule has 14 heavy (non-hydrogen) atoms. The molecule has 0 aromatic rings. The summed E-state index contributed by atoms with van der Waals surface area (Å²) in [5, 5.41) is 0. The third-order valence-electron chi connectivity index (χ3n) is 3.20. The first kappa shape index (κ1) is 14.1. The molecule has 84 valence electrons. The predicted molar refractivity (Wildman–Crippen MR) is 71.5 cm³/mol. The highest BCUT2D eigenvalue weighted by atomic mass is 28.3. The average molecular weight is 231 g/mol. The summed E-state index contributed by atoms with van der Waals surface area (Å²) >= 11 is 0. The second kappa shape index (κ2) is 4.74. The highest BCUT2D eigenvalue weighted by Crippen LogP contribution is 2.12. The van der Waals surface area contributed by atoms with Crippen molar-refractivity contribution in [2.45, 2.75) is 26.2 Å². The van der Waals surface area contributed by atoms with Gasteiger partial charge in [-0.05, 0) is 28.2 Å². The van der Waals surface area contributed by atoms with E-state index in [1.807, 2.05) is 0 Å². The summed E-state index contributed by atoms with van der Waals surface area (Å²) < 4.78 is 4.76. The summed E-state index contributed by atoms with van der Waals surface area (Å²) in [4.78, 5) is 0. The van der Waals surface area contributed by atoms with E-state index in [4.69, 9.17) is 0 Å². The number of rotatable bonds is 4. The molecule has 0 radical (unpaired) electrons. The number of hydrogen-bond acceptors (Lipinski definition) is 2. The van der Waals surface area contributed by atoms with Crippen molar-refractivity contribution in [3.05, 3.63) is 11.4 Å². The lowest BCUT2D eigenvalue weighted by Crippen LogP contribution is -2.45. The zero-order valence-corrected chi connectivity index (χ0v) is 13.0. The first-order valence-electron chi connectivity index (χ1n) is 5.15. The molecular formula is C10H26N2Si2. The lowest BCUT2D eigenvalue weighted by Gasteiger charge is -2.31. The maximum atomic E-state index is 2.47.